The van der Waals surface area contributed by atoms with Crippen LogP contribution in [0.4, 0.5) is 10.8 Å². The van der Waals surface area contributed by atoms with E-state index < -0.39 is 0 Å². The number of nitrogens with one attached hydrogen (secondary N) is 2. The number of aryl methyl sites for hydroxylation is 2. The highest BCUT2D eigenvalue weighted by Crippen LogP contribution is 2.37. The summed E-state index contributed by atoms with van der Waals surface area (Å²) in [6.07, 6.45) is 2.44. The zero-order valence-corrected chi connectivity index (χ0v) is 18.5. The number of aromatic nitrogens is 1. The van der Waals surface area contributed by atoms with Gasteiger partial charge < -0.3 is 5.32 Å². The Hall–Kier alpha value is -2.41. The van der Waals surface area contributed by atoms with Crippen molar-refractivity contribution in [1.82, 2.24) is 4.98 Å². The van der Waals surface area contributed by atoms with Gasteiger partial charge >= 0.3 is 0 Å². The quantitative estimate of drug-likeness (QED) is 0.497. The van der Waals surface area contributed by atoms with Gasteiger partial charge in [0.25, 0.3) is 5.91 Å². The fourth-order valence-corrected chi connectivity index (χ4v) is 4.76. The summed E-state index contributed by atoms with van der Waals surface area (Å²) in [5.41, 5.74) is 2.99. The van der Waals surface area contributed by atoms with Crippen molar-refractivity contribution in [3.8, 4) is 0 Å². The third kappa shape index (κ3) is 4.51. The molecule has 0 saturated carbocycles. The smallest absolute Gasteiger partial charge is 0.257 e. The van der Waals surface area contributed by atoms with Crippen LogP contribution in [-0.2, 0) is 11.2 Å². The van der Waals surface area contributed by atoms with Crippen molar-refractivity contribution in [3.63, 3.8) is 0 Å². The molecule has 1 aliphatic rings. The Kier molecular flexibility index (Phi) is 6.09. The number of anilines is 2. The Bertz CT molecular complexity index is 1110. The highest BCUT2D eigenvalue weighted by Gasteiger charge is 2.30. The second-order valence-electron chi connectivity index (χ2n) is 7.21. The molecule has 4 rings (SSSR count). The molecular weight excluding hydrogens is 441 g/mol. The zero-order valence-electron chi connectivity index (χ0n) is 16.2. The summed E-state index contributed by atoms with van der Waals surface area (Å²) in [6.45, 7) is 1.97. The molecule has 0 saturated heterocycles. The van der Waals surface area contributed by atoms with Gasteiger partial charge in [0.15, 0.2) is 5.13 Å². The van der Waals surface area contributed by atoms with E-state index in [1.54, 1.807) is 30.3 Å². The number of rotatable bonds is 4. The van der Waals surface area contributed by atoms with E-state index in [0.29, 0.717) is 32.8 Å². The Morgan fingerprint density at radius 2 is 1.83 bits per heavy atom. The maximum Gasteiger partial charge on any atom is 0.257 e. The van der Waals surface area contributed by atoms with E-state index in [2.05, 4.69) is 15.6 Å². The minimum absolute atomic E-state index is 0.143. The molecule has 0 radical (unpaired) electrons. The zero-order chi connectivity index (χ0) is 21.3. The summed E-state index contributed by atoms with van der Waals surface area (Å²) in [5, 5.41) is 7.09. The molecule has 0 fully saturated rings. The average Bonchev–Trinajstić information content (AvgIpc) is 3.13. The number of amides is 2. The summed E-state index contributed by atoms with van der Waals surface area (Å²) in [6, 6.07) is 12.3. The van der Waals surface area contributed by atoms with Gasteiger partial charge in [0.2, 0.25) is 5.91 Å². The Balaban J connectivity index is 1.50. The van der Waals surface area contributed by atoms with Crippen LogP contribution in [-0.4, -0.2) is 16.8 Å². The van der Waals surface area contributed by atoms with Crippen molar-refractivity contribution >= 4 is 57.2 Å². The molecule has 2 amide bonds. The van der Waals surface area contributed by atoms with E-state index in [1.807, 2.05) is 19.1 Å². The van der Waals surface area contributed by atoms with Crippen molar-refractivity contribution in [2.24, 2.45) is 0 Å². The first-order chi connectivity index (χ1) is 14.4. The van der Waals surface area contributed by atoms with E-state index in [-0.39, 0.29) is 17.7 Å². The minimum Gasteiger partial charge on any atom is -0.325 e. The van der Waals surface area contributed by atoms with Crippen LogP contribution in [0.5, 0.6) is 0 Å². The van der Waals surface area contributed by atoms with Crippen molar-refractivity contribution < 1.29 is 9.59 Å². The number of halogens is 2. The number of benzene rings is 2. The molecule has 0 bridgehead atoms. The number of hydrogen-bond donors (Lipinski definition) is 2. The molecule has 8 heteroatoms. The molecule has 3 aromatic rings. The second kappa shape index (κ2) is 8.76. The lowest BCUT2D eigenvalue weighted by Crippen LogP contribution is -2.24. The third-order valence-corrected chi connectivity index (χ3v) is 6.78. The van der Waals surface area contributed by atoms with Gasteiger partial charge in [-0.1, -0.05) is 40.9 Å². The molecule has 1 heterocycles. The molecule has 154 valence electrons. The van der Waals surface area contributed by atoms with Gasteiger partial charge in [-0.05, 0) is 56.5 Å². The number of carbonyl (C=O) groups is 2. The normalized spacial score (nSPS) is 15.4. The molecular formula is C22H19Cl2N3O2S. The van der Waals surface area contributed by atoms with Crippen molar-refractivity contribution in [1.29, 1.82) is 0 Å². The molecule has 0 aliphatic heterocycles. The van der Waals surface area contributed by atoms with Crippen LogP contribution >= 0.6 is 34.5 Å². The Morgan fingerprint density at radius 3 is 2.57 bits per heavy atom. The van der Waals surface area contributed by atoms with Crippen molar-refractivity contribution in [2.45, 2.75) is 32.1 Å². The van der Waals surface area contributed by atoms with Crippen LogP contribution in [0.1, 0.15) is 45.3 Å². The molecule has 1 atom stereocenters. The standard InChI is InChI=1S/C22H19Cl2N3O2S/c1-12-5-7-13(8-6-12)20(28)27-22-26-19-15(3-2-4-18(19)30-22)21(29)25-14-9-10-16(23)17(24)11-14/h5-11,15H,2-4H2,1H3,(H,25,29)(H,26,27,28). The summed E-state index contributed by atoms with van der Waals surface area (Å²) in [7, 11) is 0. The predicted octanol–water partition coefficient (Wildman–Crippen LogP) is 6.07. The number of fused-ring (bicyclic) bond motifs is 1. The summed E-state index contributed by atoms with van der Waals surface area (Å²) >= 11 is 13.4. The van der Waals surface area contributed by atoms with Crippen LogP contribution in [0, 0.1) is 6.92 Å². The van der Waals surface area contributed by atoms with Crippen LogP contribution in [0.15, 0.2) is 42.5 Å². The van der Waals surface area contributed by atoms with Gasteiger partial charge in [-0.2, -0.15) is 0 Å². The lowest BCUT2D eigenvalue weighted by molar-refractivity contribution is -0.117. The summed E-state index contributed by atoms with van der Waals surface area (Å²) in [4.78, 5) is 31.0. The monoisotopic (exact) mass is 459 g/mol. The van der Waals surface area contributed by atoms with E-state index in [1.165, 1.54) is 11.3 Å². The Labute approximate surface area is 188 Å². The SMILES string of the molecule is Cc1ccc(C(=O)Nc2nc3c(s2)CCCC3C(=O)Nc2ccc(Cl)c(Cl)c2)cc1. The first kappa shape index (κ1) is 20.8. The van der Waals surface area contributed by atoms with Gasteiger partial charge in [-0.25, -0.2) is 4.98 Å². The van der Waals surface area contributed by atoms with E-state index in [0.717, 1.165) is 29.0 Å². The number of nitrogens with zero attached hydrogens (tertiary/aromatic N) is 1. The largest absolute Gasteiger partial charge is 0.325 e. The fraction of sp³-hybridized carbons (Fsp3) is 0.227. The average molecular weight is 460 g/mol. The van der Waals surface area contributed by atoms with Gasteiger partial charge in [0.1, 0.15) is 0 Å². The van der Waals surface area contributed by atoms with Gasteiger partial charge in [-0.3, -0.25) is 14.9 Å². The topological polar surface area (TPSA) is 71.1 Å². The first-order valence-corrected chi connectivity index (χ1v) is 11.1. The molecule has 2 aromatic carbocycles. The summed E-state index contributed by atoms with van der Waals surface area (Å²) < 4.78 is 0. The van der Waals surface area contributed by atoms with Gasteiger partial charge in [0, 0.05) is 16.1 Å². The van der Waals surface area contributed by atoms with E-state index in [9.17, 15) is 9.59 Å². The number of carbonyl (C=O) groups excluding carboxylic acids is 2. The number of thiazole rings is 1. The predicted molar refractivity (Wildman–Crippen MR) is 122 cm³/mol. The third-order valence-electron chi connectivity index (χ3n) is 4.99. The molecule has 2 N–H and O–H groups in total. The van der Waals surface area contributed by atoms with Crippen LogP contribution in [0.25, 0.3) is 0 Å². The molecule has 1 aliphatic carbocycles. The van der Waals surface area contributed by atoms with Gasteiger partial charge in [-0.15, -0.1) is 11.3 Å². The molecule has 1 unspecified atom stereocenters. The maximum atomic E-state index is 12.9. The fourth-order valence-electron chi connectivity index (χ4n) is 3.40. The summed E-state index contributed by atoms with van der Waals surface area (Å²) in [5.74, 6) is -0.724. The lowest BCUT2D eigenvalue weighted by atomic mass is 9.90. The molecule has 5 nitrogen and oxygen atoms in total. The van der Waals surface area contributed by atoms with Crippen molar-refractivity contribution in [3.05, 3.63) is 74.2 Å². The molecule has 0 spiro atoms. The van der Waals surface area contributed by atoms with E-state index in [4.69, 9.17) is 23.2 Å². The lowest BCUT2D eigenvalue weighted by Gasteiger charge is -2.20. The number of hydrogen-bond acceptors (Lipinski definition) is 4. The van der Waals surface area contributed by atoms with E-state index >= 15 is 0 Å². The molecule has 1 aromatic heterocycles. The minimum atomic E-state index is -0.371. The van der Waals surface area contributed by atoms with Gasteiger partial charge in [0.05, 0.1) is 21.7 Å². The van der Waals surface area contributed by atoms with Crippen LogP contribution in [0.2, 0.25) is 10.0 Å². The van der Waals surface area contributed by atoms with Crippen LogP contribution in [0.3, 0.4) is 0 Å². The van der Waals surface area contributed by atoms with Crippen molar-refractivity contribution in [2.75, 3.05) is 10.6 Å². The highest BCUT2D eigenvalue weighted by atomic mass is 35.5. The second-order valence-corrected chi connectivity index (χ2v) is 9.11. The Morgan fingerprint density at radius 1 is 1.07 bits per heavy atom. The molecule has 30 heavy (non-hydrogen) atoms. The maximum absolute atomic E-state index is 12.9. The van der Waals surface area contributed by atoms with Crippen LogP contribution < -0.4 is 10.6 Å². The highest BCUT2D eigenvalue weighted by molar-refractivity contribution is 7.16. The first-order valence-electron chi connectivity index (χ1n) is 9.54.